The van der Waals surface area contributed by atoms with Crippen molar-refractivity contribution in [1.82, 2.24) is 10.2 Å². The van der Waals surface area contributed by atoms with Gasteiger partial charge in [-0.3, -0.25) is 19.2 Å². The largest absolute Gasteiger partial charge is 0.455 e. The van der Waals surface area contributed by atoms with Crippen molar-refractivity contribution >= 4 is 56.9 Å². The van der Waals surface area contributed by atoms with E-state index in [-0.39, 0.29) is 55.7 Å². The van der Waals surface area contributed by atoms with E-state index in [1.807, 2.05) is 18.2 Å². The monoisotopic (exact) mass is 727 g/mol. The Balaban J connectivity index is 1.47. The van der Waals surface area contributed by atoms with Crippen molar-refractivity contribution in [2.24, 2.45) is 11.8 Å². The second-order valence-corrected chi connectivity index (χ2v) is 13.6. The van der Waals surface area contributed by atoms with Gasteiger partial charge >= 0.3 is 5.97 Å². The van der Waals surface area contributed by atoms with Crippen LogP contribution in [0, 0.1) is 11.8 Å². The van der Waals surface area contributed by atoms with Crippen LogP contribution in [0.25, 0.3) is 0 Å². The number of hydrogen-bond donors (Lipinski definition) is 2. The molecule has 2 N–H and O–H groups in total. The number of nitrogens with zero attached hydrogens (tertiary/aromatic N) is 2. The molecule has 3 heterocycles. The maximum atomic E-state index is 14.6. The number of allylic oxidation sites excluding steroid dienone is 1. The van der Waals surface area contributed by atoms with Crippen molar-refractivity contribution in [3.05, 3.63) is 90.5 Å². The van der Waals surface area contributed by atoms with Gasteiger partial charge in [-0.15, -0.1) is 13.2 Å². The number of alkyl halides is 1. The third-order valence-corrected chi connectivity index (χ3v) is 10.2. The van der Waals surface area contributed by atoms with Gasteiger partial charge in [0.15, 0.2) is 0 Å². The molecule has 3 saturated heterocycles. The Kier molecular flexibility index (Phi) is 11.2. The quantitative estimate of drug-likeness (QED) is 0.159. The molecule has 0 aromatic heterocycles. The third-order valence-electron chi connectivity index (χ3n) is 9.06. The molecular formula is C35H39BrClN3O7. The third kappa shape index (κ3) is 6.90. The molecule has 0 radical (unpaired) electrons. The molecule has 0 saturated carbocycles. The lowest BCUT2D eigenvalue weighted by Crippen LogP contribution is -2.57. The van der Waals surface area contributed by atoms with Crippen LogP contribution >= 0.6 is 27.5 Å². The number of amides is 3. The van der Waals surface area contributed by atoms with Gasteiger partial charge in [0.2, 0.25) is 11.8 Å². The number of rotatable bonds is 15. The molecule has 0 aliphatic carbocycles. The molecule has 3 aliphatic heterocycles. The van der Waals surface area contributed by atoms with Crippen molar-refractivity contribution in [3.8, 4) is 0 Å². The fourth-order valence-corrected chi connectivity index (χ4v) is 8.09. The number of carbonyl (C=O) groups is 4. The Labute approximate surface area is 287 Å². The summed E-state index contributed by atoms with van der Waals surface area (Å²) in [4.78, 5) is 58.1. The predicted molar refractivity (Wildman–Crippen MR) is 181 cm³/mol. The molecule has 10 nitrogen and oxygen atoms in total. The van der Waals surface area contributed by atoms with Crippen molar-refractivity contribution in [1.29, 1.82) is 0 Å². The molecule has 2 aromatic rings. The van der Waals surface area contributed by atoms with Crippen LogP contribution in [0.3, 0.4) is 0 Å². The van der Waals surface area contributed by atoms with Crippen LogP contribution < -0.4 is 10.2 Å². The van der Waals surface area contributed by atoms with Gasteiger partial charge in [-0.25, -0.2) is 0 Å². The second kappa shape index (κ2) is 15.1. The topological polar surface area (TPSA) is 125 Å². The number of esters is 1. The molecule has 3 aliphatic rings. The maximum absolute atomic E-state index is 14.6. The molecule has 2 bridgehead atoms. The first kappa shape index (κ1) is 34.8. The number of ether oxygens (including phenoxy) is 2. The zero-order valence-corrected chi connectivity index (χ0v) is 28.3. The van der Waals surface area contributed by atoms with E-state index in [0.717, 1.165) is 0 Å². The normalized spacial score (nSPS) is 26.4. The number of hydrogen-bond acceptors (Lipinski definition) is 7. The molecular weight excluding hydrogens is 690 g/mol. The number of benzene rings is 2. The Hall–Kier alpha value is -3.51. The summed E-state index contributed by atoms with van der Waals surface area (Å²) in [5.74, 6) is -3.65. The van der Waals surface area contributed by atoms with Gasteiger partial charge in [0.05, 0.1) is 24.5 Å². The molecule has 7 atom stereocenters. The molecule has 1 unspecified atom stereocenters. The molecule has 3 fully saturated rings. The summed E-state index contributed by atoms with van der Waals surface area (Å²) < 4.78 is 12.7. The van der Waals surface area contributed by atoms with E-state index < -0.39 is 47.6 Å². The summed E-state index contributed by atoms with van der Waals surface area (Å²) in [5.41, 5.74) is -0.0787. The number of halogens is 2. The molecule has 250 valence electrons. The zero-order valence-electron chi connectivity index (χ0n) is 25.9. The van der Waals surface area contributed by atoms with E-state index in [4.69, 9.17) is 21.1 Å². The lowest BCUT2D eigenvalue weighted by atomic mass is 9.70. The SMILES string of the molecule is C=CCCC(=O)NC[C@@H](OC(=O)[C@@H]1[C@H]2O[C@@]3(CC2Br)[C@H](C(=O)N(CC=C)c2ccc(Cl)cc2)N(CCCO)C(=O)[C@@H]13)c1ccccc1. The number of nitrogens with one attached hydrogen (secondary N) is 1. The average molecular weight is 729 g/mol. The highest BCUT2D eigenvalue weighted by Gasteiger charge is 2.77. The van der Waals surface area contributed by atoms with Crippen LogP contribution in [-0.2, 0) is 28.7 Å². The summed E-state index contributed by atoms with van der Waals surface area (Å²) in [7, 11) is 0. The van der Waals surface area contributed by atoms with Gasteiger partial charge in [0.1, 0.15) is 17.7 Å². The van der Waals surface area contributed by atoms with Crippen LogP contribution in [0.4, 0.5) is 5.69 Å². The van der Waals surface area contributed by atoms with E-state index in [0.29, 0.717) is 29.1 Å². The van der Waals surface area contributed by atoms with Gasteiger partial charge in [0.25, 0.3) is 5.91 Å². The van der Waals surface area contributed by atoms with Gasteiger partial charge in [-0.2, -0.15) is 0 Å². The molecule has 12 heteroatoms. The number of anilines is 1. The number of fused-ring (bicyclic) bond motifs is 1. The van der Waals surface area contributed by atoms with E-state index in [9.17, 15) is 24.3 Å². The van der Waals surface area contributed by atoms with Gasteiger partial charge in [-0.1, -0.05) is 70.0 Å². The zero-order chi connectivity index (χ0) is 33.7. The van der Waals surface area contributed by atoms with Crippen molar-refractivity contribution < 1.29 is 33.8 Å². The predicted octanol–water partition coefficient (Wildman–Crippen LogP) is 4.36. The minimum atomic E-state index is -1.32. The van der Waals surface area contributed by atoms with Gasteiger partial charge in [-0.05, 0) is 49.1 Å². The minimum absolute atomic E-state index is 0.0345. The van der Waals surface area contributed by atoms with Crippen LogP contribution in [0.5, 0.6) is 0 Å². The molecule has 1 spiro atoms. The van der Waals surface area contributed by atoms with Crippen LogP contribution in [0.2, 0.25) is 5.02 Å². The molecule has 2 aromatic carbocycles. The Morgan fingerprint density at radius 3 is 2.55 bits per heavy atom. The fourth-order valence-electron chi connectivity index (χ4n) is 7.02. The summed E-state index contributed by atoms with van der Waals surface area (Å²) in [6.07, 6.45) is 3.00. The Bertz CT molecular complexity index is 1490. The highest BCUT2D eigenvalue weighted by atomic mass is 79.9. The fraction of sp³-hybridized carbons (Fsp3) is 0.429. The first-order valence-electron chi connectivity index (χ1n) is 15.7. The van der Waals surface area contributed by atoms with Crippen molar-refractivity contribution in [2.45, 2.75) is 54.4 Å². The summed E-state index contributed by atoms with van der Waals surface area (Å²) in [6.45, 7) is 7.57. The van der Waals surface area contributed by atoms with E-state index in [1.165, 1.54) is 9.80 Å². The number of likely N-dealkylation sites (tertiary alicyclic amines) is 1. The lowest BCUT2D eigenvalue weighted by Gasteiger charge is -2.37. The smallest absolute Gasteiger partial charge is 0.313 e. The van der Waals surface area contributed by atoms with E-state index in [1.54, 1.807) is 48.6 Å². The van der Waals surface area contributed by atoms with Gasteiger partial charge in [0, 0.05) is 41.7 Å². The Morgan fingerprint density at radius 1 is 1.17 bits per heavy atom. The van der Waals surface area contributed by atoms with Gasteiger partial charge < -0.3 is 29.7 Å². The first-order chi connectivity index (χ1) is 22.7. The second-order valence-electron chi connectivity index (χ2n) is 12.0. The van der Waals surface area contributed by atoms with E-state index >= 15 is 0 Å². The maximum Gasteiger partial charge on any atom is 0.313 e. The van der Waals surface area contributed by atoms with E-state index in [2.05, 4.69) is 34.4 Å². The lowest BCUT2D eigenvalue weighted by molar-refractivity contribution is -0.160. The van der Waals surface area contributed by atoms with Crippen LogP contribution in [0.1, 0.15) is 37.4 Å². The molecule has 5 rings (SSSR count). The summed E-state index contributed by atoms with van der Waals surface area (Å²) >= 11 is 9.81. The molecule has 47 heavy (non-hydrogen) atoms. The average Bonchev–Trinajstić information content (AvgIpc) is 3.67. The highest BCUT2D eigenvalue weighted by Crippen LogP contribution is 2.60. The highest BCUT2D eigenvalue weighted by molar-refractivity contribution is 9.09. The number of aliphatic hydroxyl groups excluding tert-OH is 1. The Morgan fingerprint density at radius 2 is 1.89 bits per heavy atom. The van der Waals surface area contributed by atoms with Crippen LogP contribution in [0.15, 0.2) is 79.9 Å². The first-order valence-corrected chi connectivity index (χ1v) is 17.0. The standard InChI is InChI=1S/C35H39BrClN3O7/c1-3-5-12-27(42)38-21-26(22-10-7-6-8-11-22)46-34(45)28-29-32(43)40(18-9-19-41)31(35(29)20-25(36)30(28)47-35)33(44)39(17-4-2)24-15-13-23(37)14-16-24/h3-4,6-8,10-11,13-16,25-26,28-31,41H,1-2,5,9,12,17-21H2,(H,38,42)/t25?,26-,28+,29-,30+,31+,35-/m1/s1. The molecule has 3 amide bonds. The van der Waals surface area contributed by atoms with Crippen molar-refractivity contribution in [3.63, 3.8) is 0 Å². The summed E-state index contributed by atoms with van der Waals surface area (Å²) in [6, 6.07) is 14.8. The minimum Gasteiger partial charge on any atom is -0.455 e. The number of carbonyl (C=O) groups excluding carboxylic acids is 4. The number of aliphatic hydroxyl groups is 1. The van der Waals surface area contributed by atoms with Crippen molar-refractivity contribution in [2.75, 3.05) is 31.1 Å². The summed E-state index contributed by atoms with van der Waals surface area (Å²) in [5, 5.41) is 13.0. The van der Waals surface area contributed by atoms with Crippen LogP contribution in [-0.4, -0.2) is 82.5 Å².